The predicted molar refractivity (Wildman–Crippen MR) is 104 cm³/mol. The number of ether oxygens (including phenoxy) is 1. The summed E-state index contributed by atoms with van der Waals surface area (Å²) in [6, 6.07) is 3.61. The Morgan fingerprint density at radius 2 is 2.15 bits per heavy atom. The molecule has 1 saturated heterocycles. The minimum absolute atomic E-state index is 0.0775. The minimum atomic E-state index is -0.0775. The molecule has 0 bridgehead atoms. The maximum atomic E-state index is 12.6. The van der Waals surface area contributed by atoms with Gasteiger partial charge in [0.1, 0.15) is 10.8 Å². The maximum absolute atomic E-state index is 12.6. The smallest absolute Gasteiger partial charge is 0.254 e. The van der Waals surface area contributed by atoms with E-state index in [0.29, 0.717) is 17.9 Å². The molecular weight excluding hydrogens is 364 g/mol. The molecule has 0 atom stereocenters. The first-order chi connectivity index (χ1) is 13.1. The highest BCUT2D eigenvalue weighted by Gasteiger charge is 2.15. The van der Waals surface area contributed by atoms with Gasteiger partial charge in [0.05, 0.1) is 24.5 Å². The molecule has 1 aliphatic rings. The first-order valence-electron chi connectivity index (χ1n) is 9.23. The van der Waals surface area contributed by atoms with E-state index in [4.69, 9.17) is 9.26 Å². The van der Waals surface area contributed by atoms with Crippen molar-refractivity contribution in [2.24, 2.45) is 0 Å². The summed E-state index contributed by atoms with van der Waals surface area (Å²) >= 11 is 1.53. The molecule has 1 amide bonds. The second-order valence-electron chi connectivity index (χ2n) is 6.51. The molecular formula is C19H26N4O3S. The zero-order valence-corrected chi connectivity index (χ0v) is 16.7. The van der Waals surface area contributed by atoms with Gasteiger partial charge in [-0.1, -0.05) is 5.16 Å². The Labute approximate surface area is 163 Å². The molecule has 0 aliphatic carbocycles. The summed E-state index contributed by atoms with van der Waals surface area (Å²) in [4.78, 5) is 19.3. The van der Waals surface area contributed by atoms with Gasteiger partial charge in [-0.2, -0.15) is 0 Å². The third-order valence-electron chi connectivity index (χ3n) is 4.59. The minimum Gasteiger partial charge on any atom is -0.379 e. The highest BCUT2D eigenvalue weighted by atomic mass is 32.2. The van der Waals surface area contributed by atoms with Crippen molar-refractivity contribution in [2.75, 3.05) is 39.4 Å². The molecule has 1 N–H and O–H groups in total. The van der Waals surface area contributed by atoms with Gasteiger partial charge >= 0.3 is 0 Å². The second kappa shape index (κ2) is 9.87. The van der Waals surface area contributed by atoms with Crippen LogP contribution in [0.25, 0.3) is 0 Å². The Morgan fingerprint density at radius 3 is 2.89 bits per heavy atom. The Balaban J connectivity index is 1.50. The molecule has 0 saturated carbocycles. The second-order valence-corrected chi connectivity index (χ2v) is 7.48. The molecule has 8 heteroatoms. The lowest BCUT2D eigenvalue weighted by molar-refractivity contribution is 0.0374. The third kappa shape index (κ3) is 5.54. The number of hydrogen-bond donors (Lipinski definition) is 1. The van der Waals surface area contributed by atoms with E-state index in [9.17, 15) is 4.79 Å². The summed E-state index contributed by atoms with van der Waals surface area (Å²) in [5.74, 6) is 1.41. The molecule has 7 nitrogen and oxygen atoms in total. The van der Waals surface area contributed by atoms with Gasteiger partial charge in [0.25, 0.3) is 5.91 Å². The van der Waals surface area contributed by atoms with Crippen molar-refractivity contribution in [3.63, 3.8) is 0 Å². The van der Waals surface area contributed by atoms with Crippen molar-refractivity contribution in [1.82, 2.24) is 20.4 Å². The van der Waals surface area contributed by atoms with E-state index in [-0.39, 0.29) is 5.91 Å². The SMILES string of the molecule is Cc1noc(C)c1CSc1ncccc1C(=O)NCCCN1CCOCC1. The zero-order chi connectivity index (χ0) is 19.1. The molecule has 0 radical (unpaired) electrons. The molecule has 0 aromatic carbocycles. The van der Waals surface area contributed by atoms with E-state index in [1.165, 1.54) is 11.8 Å². The number of hydrogen-bond acceptors (Lipinski definition) is 7. The Hall–Kier alpha value is -1.90. The number of pyridine rings is 1. The van der Waals surface area contributed by atoms with Gasteiger partial charge in [-0.25, -0.2) is 4.98 Å². The van der Waals surface area contributed by atoms with Gasteiger partial charge in [-0.3, -0.25) is 9.69 Å². The van der Waals surface area contributed by atoms with Gasteiger partial charge < -0.3 is 14.6 Å². The standard InChI is InChI=1S/C19H26N4O3S/c1-14-17(15(2)26-22-14)13-27-19-16(5-3-6-21-19)18(24)20-7-4-8-23-9-11-25-12-10-23/h3,5-6H,4,7-13H2,1-2H3,(H,20,24). The molecule has 2 aromatic rings. The van der Waals surface area contributed by atoms with Crippen molar-refractivity contribution < 1.29 is 14.1 Å². The van der Waals surface area contributed by atoms with Crippen molar-refractivity contribution >= 4 is 17.7 Å². The predicted octanol–water partition coefficient (Wildman–Crippen LogP) is 2.43. The topological polar surface area (TPSA) is 80.5 Å². The van der Waals surface area contributed by atoms with Gasteiger partial charge in [0, 0.05) is 37.1 Å². The number of carbonyl (C=O) groups is 1. The van der Waals surface area contributed by atoms with Crippen molar-refractivity contribution in [1.29, 1.82) is 0 Å². The molecule has 146 valence electrons. The molecule has 0 unspecified atom stereocenters. The summed E-state index contributed by atoms with van der Waals surface area (Å²) < 4.78 is 10.6. The number of nitrogens with zero attached hydrogens (tertiary/aromatic N) is 3. The summed E-state index contributed by atoms with van der Waals surface area (Å²) in [6.07, 6.45) is 2.64. The molecule has 3 heterocycles. The summed E-state index contributed by atoms with van der Waals surface area (Å²) in [5, 5.41) is 7.71. The first kappa shape index (κ1) is 19.9. The highest BCUT2D eigenvalue weighted by Crippen LogP contribution is 2.27. The quantitative estimate of drug-likeness (QED) is 0.548. The lowest BCUT2D eigenvalue weighted by Gasteiger charge is -2.26. The van der Waals surface area contributed by atoms with E-state index < -0.39 is 0 Å². The molecule has 1 aliphatic heterocycles. The van der Waals surface area contributed by atoms with Crippen LogP contribution in [0.4, 0.5) is 0 Å². The Bertz CT molecular complexity index is 740. The number of aryl methyl sites for hydroxylation is 2. The van der Waals surface area contributed by atoms with E-state index >= 15 is 0 Å². The lowest BCUT2D eigenvalue weighted by atomic mass is 10.2. The van der Waals surface area contributed by atoms with Gasteiger partial charge in [0.15, 0.2) is 0 Å². The largest absolute Gasteiger partial charge is 0.379 e. The molecule has 27 heavy (non-hydrogen) atoms. The molecule has 0 spiro atoms. The monoisotopic (exact) mass is 390 g/mol. The summed E-state index contributed by atoms with van der Waals surface area (Å²) in [5.41, 5.74) is 2.55. The fourth-order valence-electron chi connectivity index (χ4n) is 2.95. The maximum Gasteiger partial charge on any atom is 0.254 e. The fraction of sp³-hybridized carbons (Fsp3) is 0.526. The van der Waals surface area contributed by atoms with Gasteiger partial charge in [-0.05, 0) is 38.9 Å². The van der Waals surface area contributed by atoms with Crippen molar-refractivity contribution in [2.45, 2.75) is 31.0 Å². The van der Waals surface area contributed by atoms with Crippen LogP contribution in [0.3, 0.4) is 0 Å². The normalized spacial score (nSPS) is 15.0. The van der Waals surface area contributed by atoms with Crippen LogP contribution in [0.1, 0.15) is 33.8 Å². The first-order valence-corrected chi connectivity index (χ1v) is 10.2. The van der Waals surface area contributed by atoms with Crippen LogP contribution < -0.4 is 5.32 Å². The fourth-order valence-corrected chi connectivity index (χ4v) is 4.10. The van der Waals surface area contributed by atoms with Crippen molar-refractivity contribution in [3.8, 4) is 0 Å². The average molecular weight is 391 g/mol. The highest BCUT2D eigenvalue weighted by molar-refractivity contribution is 7.98. The number of amides is 1. The lowest BCUT2D eigenvalue weighted by Crippen LogP contribution is -2.38. The number of rotatable bonds is 8. The van der Waals surface area contributed by atoms with Crippen LogP contribution in [0.2, 0.25) is 0 Å². The number of nitrogens with one attached hydrogen (secondary N) is 1. The zero-order valence-electron chi connectivity index (χ0n) is 15.9. The summed E-state index contributed by atoms with van der Waals surface area (Å²) in [7, 11) is 0. The Morgan fingerprint density at radius 1 is 1.33 bits per heavy atom. The van der Waals surface area contributed by atoms with Gasteiger partial charge in [0.2, 0.25) is 0 Å². The van der Waals surface area contributed by atoms with E-state index in [2.05, 4.69) is 20.4 Å². The Kier molecular flexibility index (Phi) is 7.25. The van der Waals surface area contributed by atoms with Crippen LogP contribution in [0, 0.1) is 13.8 Å². The van der Waals surface area contributed by atoms with Crippen LogP contribution in [-0.2, 0) is 10.5 Å². The van der Waals surface area contributed by atoms with Crippen LogP contribution in [0.5, 0.6) is 0 Å². The van der Waals surface area contributed by atoms with Crippen LogP contribution >= 0.6 is 11.8 Å². The number of aromatic nitrogens is 2. The number of thioether (sulfide) groups is 1. The van der Waals surface area contributed by atoms with Crippen LogP contribution in [0.15, 0.2) is 27.9 Å². The third-order valence-corrected chi connectivity index (χ3v) is 5.62. The van der Waals surface area contributed by atoms with E-state index in [1.54, 1.807) is 12.3 Å². The summed E-state index contributed by atoms with van der Waals surface area (Å²) in [6.45, 7) is 8.99. The van der Waals surface area contributed by atoms with Crippen LogP contribution in [-0.4, -0.2) is 60.3 Å². The van der Waals surface area contributed by atoms with Crippen molar-refractivity contribution in [3.05, 3.63) is 40.9 Å². The van der Waals surface area contributed by atoms with Gasteiger partial charge in [-0.15, -0.1) is 11.8 Å². The molecule has 3 rings (SSSR count). The van der Waals surface area contributed by atoms with E-state index in [0.717, 1.165) is 61.3 Å². The number of morpholine rings is 1. The number of carbonyl (C=O) groups excluding carboxylic acids is 1. The molecule has 2 aromatic heterocycles. The average Bonchev–Trinajstić information content (AvgIpc) is 3.02. The van der Waals surface area contributed by atoms with E-state index in [1.807, 2.05) is 19.9 Å². The molecule has 1 fully saturated rings.